The van der Waals surface area contributed by atoms with E-state index in [-0.39, 0.29) is 18.5 Å². The zero-order chi connectivity index (χ0) is 13.0. The van der Waals surface area contributed by atoms with E-state index in [1.165, 1.54) is 0 Å². The number of hydrogen-bond acceptors (Lipinski definition) is 4. The second kappa shape index (κ2) is 6.01. The van der Waals surface area contributed by atoms with Crippen LogP contribution in [0.1, 0.15) is 0 Å². The van der Waals surface area contributed by atoms with Crippen LogP contribution in [0.5, 0.6) is 0 Å². The number of nitrogens with one attached hydrogen (secondary N) is 1. The van der Waals surface area contributed by atoms with Crippen LogP contribution in [0.3, 0.4) is 0 Å². The second-order valence-electron chi connectivity index (χ2n) is 4.28. The zero-order valence-electron chi connectivity index (χ0n) is 10.6. The molecule has 0 aromatic rings. The number of carbonyl (C=O) groups is 2. The average Bonchev–Trinajstić information content (AvgIpc) is 2.46. The zero-order valence-corrected chi connectivity index (χ0v) is 10.6. The van der Waals surface area contributed by atoms with Crippen LogP contribution in [0.25, 0.3) is 0 Å². The van der Waals surface area contributed by atoms with Crippen LogP contribution in [0.2, 0.25) is 0 Å². The van der Waals surface area contributed by atoms with Gasteiger partial charge < -0.3 is 24.6 Å². The molecule has 0 radical (unpaired) electrons. The van der Waals surface area contributed by atoms with Gasteiger partial charge in [-0.15, -0.1) is 0 Å². The van der Waals surface area contributed by atoms with Crippen molar-refractivity contribution in [1.82, 2.24) is 15.1 Å². The first-order valence-corrected chi connectivity index (χ1v) is 6.16. The van der Waals surface area contributed by atoms with Crippen molar-refractivity contribution >= 4 is 11.9 Å². The first-order chi connectivity index (χ1) is 8.74. The number of morpholine rings is 2. The molecule has 0 saturated carbocycles. The fourth-order valence-electron chi connectivity index (χ4n) is 2.15. The van der Waals surface area contributed by atoms with Gasteiger partial charge in [0.25, 0.3) is 0 Å². The Kier molecular flexibility index (Phi) is 4.38. The van der Waals surface area contributed by atoms with Gasteiger partial charge in [0, 0.05) is 26.7 Å². The Morgan fingerprint density at radius 1 is 1.11 bits per heavy atom. The first-order valence-electron chi connectivity index (χ1n) is 6.16. The molecule has 2 saturated heterocycles. The lowest BCUT2D eigenvalue weighted by atomic mass is 10.2. The third-order valence-electron chi connectivity index (χ3n) is 3.20. The summed E-state index contributed by atoms with van der Waals surface area (Å²) in [4.78, 5) is 27.4. The van der Waals surface area contributed by atoms with Crippen molar-refractivity contribution in [3.05, 3.63) is 0 Å². The molecule has 2 aliphatic rings. The third kappa shape index (κ3) is 2.73. The minimum atomic E-state index is -0.529. The number of ether oxygens (including phenoxy) is 2. The average molecular weight is 257 g/mol. The van der Waals surface area contributed by atoms with E-state index in [0.717, 1.165) is 0 Å². The number of carbonyl (C=O) groups excluding carboxylic acids is 2. The number of likely N-dealkylation sites (N-methyl/N-ethyl adjacent to an activating group) is 1. The molecule has 2 fully saturated rings. The van der Waals surface area contributed by atoms with Gasteiger partial charge in [0.1, 0.15) is 6.04 Å². The van der Waals surface area contributed by atoms with E-state index in [9.17, 15) is 9.59 Å². The van der Waals surface area contributed by atoms with E-state index >= 15 is 0 Å². The predicted molar refractivity (Wildman–Crippen MR) is 63.2 cm³/mol. The van der Waals surface area contributed by atoms with E-state index in [4.69, 9.17) is 9.47 Å². The standard InChI is InChI=1S/C11H19N3O4/c1-12-10(15)9-8-18-7-4-14(9)11(16)13-2-5-17-6-3-13/h9H,2-8H2,1H3,(H,12,15). The van der Waals surface area contributed by atoms with E-state index in [1.807, 2.05) is 0 Å². The summed E-state index contributed by atoms with van der Waals surface area (Å²) in [6.45, 7) is 3.46. The molecule has 3 amide bonds. The molecule has 0 aromatic carbocycles. The Morgan fingerprint density at radius 2 is 1.78 bits per heavy atom. The van der Waals surface area contributed by atoms with Gasteiger partial charge in [0.05, 0.1) is 26.4 Å². The molecule has 2 heterocycles. The van der Waals surface area contributed by atoms with Crippen molar-refractivity contribution in [1.29, 1.82) is 0 Å². The Hall–Kier alpha value is -1.34. The van der Waals surface area contributed by atoms with Crippen LogP contribution in [0.15, 0.2) is 0 Å². The van der Waals surface area contributed by atoms with Gasteiger partial charge in [-0.3, -0.25) is 4.79 Å². The summed E-state index contributed by atoms with van der Waals surface area (Å²) >= 11 is 0. The molecule has 18 heavy (non-hydrogen) atoms. The molecule has 1 N–H and O–H groups in total. The monoisotopic (exact) mass is 257 g/mol. The van der Waals surface area contributed by atoms with Gasteiger partial charge in [-0.05, 0) is 0 Å². The third-order valence-corrected chi connectivity index (χ3v) is 3.20. The quantitative estimate of drug-likeness (QED) is 0.646. The summed E-state index contributed by atoms with van der Waals surface area (Å²) in [5, 5.41) is 2.57. The van der Waals surface area contributed by atoms with Gasteiger partial charge in [0.15, 0.2) is 0 Å². The highest BCUT2D eigenvalue weighted by molar-refractivity contribution is 5.87. The molecule has 0 spiro atoms. The summed E-state index contributed by atoms with van der Waals surface area (Å²) in [5.41, 5.74) is 0. The molecule has 7 nitrogen and oxygen atoms in total. The Bertz CT molecular complexity index is 317. The summed E-state index contributed by atoms with van der Waals surface area (Å²) in [6.07, 6.45) is 0. The molecule has 0 aliphatic carbocycles. The van der Waals surface area contributed by atoms with E-state index < -0.39 is 6.04 Å². The maximum absolute atomic E-state index is 12.3. The molecule has 2 rings (SSSR count). The van der Waals surface area contributed by atoms with Crippen molar-refractivity contribution in [3.8, 4) is 0 Å². The Morgan fingerprint density at radius 3 is 2.44 bits per heavy atom. The van der Waals surface area contributed by atoms with Crippen molar-refractivity contribution in [3.63, 3.8) is 0 Å². The summed E-state index contributed by atoms with van der Waals surface area (Å²) in [5.74, 6) is -0.184. The van der Waals surface area contributed by atoms with Gasteiger partial charge in [-0.2, -0.15) is 0 Å². The smallest absolute Gasteiger partial charge is 0.321 e. The van der Waals surface area contributed by atoms with Crippen LogP contribution < -0.4 is 5.32 Å². The maximum Gasteiger partial charge on any atom is 0.321 e. The summed E-state index contributed by atoms with van der Waals surface area (Å²) < 4.78 is 10.5. The predicted octanol–water partition coefficient (Wildman–Crippen LogP) is -1.11. The fourth-order valence-corrected chi connectivity index (χ4v) is 2.15. The Balaban J connectivity index is 2.03. The van der Waals surface area contributed by atoms with Crippen LogP contribution in [-0.4, -0.2) is 80.9 Å². The van der Waals surface area contributed by atoms with Gasteiger partial charge in [-0.25, -0.2) is 4.79 Å². The molecule has 102 valence electrons. The van der Waals surface area contributed by atoms with E-state index in [2.05, 4.69) is 5.32 Å². The second-order valence-corrected chi connectivity index (χ2v) is 4.28. The molecule has 7 heteroatoms. The molecule has 2 aliphatic heterocycles. The SMILES string of the molecule is CNC(=O)C1COCCN1C(=O)N1CCOCC1. The number of nitrogens with zero attached hydrogens (tertiary/aromatic N) is 2. The lowest BCUT2D eigenvalue weighted by Crippen LogP contribution is -2.59. The van der Waals surface area contributed by atoms with Gasteiger partial charge in [0.2, 0.25) is 5.91 Å². The molecule has 0 bridgehead atoms. The van der Waals surface area contributed by atoms with Crippen LogP contribution >= 0.6 is 0 Å². The molecule has 1 unspecified atom stereocenters. The van der Waals surface area contributed by atoms with Gasteiger partial charge >= 0.3 is 6.03 Å². The minimum Gasteiger partial charge on any atom is -0.378 e. The highest BCUT2D eigenvalue weighted by Gasteiger charge is 2.35. The number of rotatable bonds is 1. The van der Waals surface area contributed by atoms with Crippen LogP contribution in [-0.2, 0) is 14.3 Å². The lowest BCUT2D eigenvalue weighted by Gasteiger charge is -2.38. The number of urea groups is 1. The molecule has 1 atom stereocenters. The topological polar surface area (TPSA) is 71.1 Å². The van der Waals surface area contributed by atoms with Crippen molar-refractivity contribution in [2.24, 2.45) is 0 Å². The fraction of sp³-hybridized carbons (Fsp3) is 0.818. The molecular formula is C11H19N3O4. The van der Waals surface area contributed by atoms with E-state index in [1.54, 1.807) is 16.8 Å². The highest BCUT2D eigenvalue weighted by atomic mass is 16.5. The summed E-state index contributed by atoms with van der Waals surface area (Å²) in [7, 11) is 1.56. The number of amides is 3. The summed E-state index contributed by atoms with van der Waals surface area (Å²) in [6, 6.07) is -0.630. The maximum atomic E-state index is 12.3. The van der Waals surface area contributed by atoms with Gasteiger partial charge in [-0.1, -0.05) is 0 Å². The van der Waals surface area contributed by atoms with Crippen LogP contribution in [0.4, 0.5) is 4.79 Å². The highest BCUT2D eigenvalue weighted by Crippen LogP contribution is 2.12. The molecular weight excluding hydrogens is 238 g/mol. The normalized spacial score (nSPS) is 24.8. The van der Waals surface area contributed by atoms with Crippen LogP contribution in [0, 0.1) is 0 Å². The minimum absolute atomic E-state index is 0.102. The van der Waals surface area contributed by atoms with Crippen molar-refractivity contribution < 1.29 is 19.1 Å². The number of hydrogen-bond donors (Lipinski definition) is 1. The van der Waals surface area contributed by atoms with Crippen molar-refractivity contribution in [2.75, 3.05) is 53.1 Å². The van der Waals surface area contributed by atoms with E-state index in [0.29, 0.717) is 39.5 Å². The largest absolute Gasteiger partial charge is 0.378 e. The molecule has 0 aromatic heterocycles. The first kappa shape index (κ1) is 13.1. The lowest BCUT2D eigenvalue weighted by molar-refractivity contribution is -0.130. The Labute approximate surface area is 106 Å². The van der Waals surface area contributed by atoms with Crippen molar-refractivity contribution in [2.45, 2.75) is 6.04 Å².